The second-order valence-corrected chi connectivity index (χ2v) is 13.3. The first-order chi connectivity index (χ1) is 26.3. The molecule has 250 valence electrons. The summed E-state index contributed by atoms with van der Waals surface area (Å²) in [4.78, 5) is 2.40. The smallest absolute Gasteiger partial charge is 0.0540 e. The van der Waals surface area contributed by atoms with Gasteiger partial charge in [-0.3, -0.25) is 0 Å². The highest BCUT2D eigenvalue weighted by molar-refractivity contribution is 6.00. The molecule has 9 aromatic rings. The van der Waals surface area contributed by atoms with Crippen molar-refractivity contribution >= 4 is 27.8 Å². The molecule has 0 radical (unpaired) electrons. The second-order valence-electron chi connectivity index (χ2n) is 13.3. The van der Waals surface area contributed by atoms with Crippen molar-refractivity contribution < 1.29 is 0 Å². The minimum absolute atomic E-state index is 1.10. The van der Waals surface area contributed by atoms with Crippen LogP contribution in [-0.2, 0) is 0 Å². The summed E-state index contributed by atoms with van der Waals surface area (Å²) in [6, 6.07) is 80.8. The Hall–Kier alpha value is -6.96. The molecule has 0 amide bonds. The van der Waals surface area contributed by atoms with Crippen LogP contribution in [0.4, 0.5) is 17.1 Å². The van der Waals surface area contributed by atoms with Crippen molar-refractivity contribution in [3.63, 3.8) is 0 Å². The lowest BCUT2D eigenvalue weighted by Crippen LogP contribution is -2.10. The predicted molar refractivity (Wildman–Crippen MR) is 226 cm³/mol. The van der Waals surface area contributed by atoms with Gasteiger partial charge >= 0.3 is 0 Å². The van der Waals surface area contributed by atoms with E-state index < -0.39 is 0 Å². The fraction of sp³-hybridized carbons (Fsp3) is 0. The minimum atomic E-state index is 1.10. The highest BCUT2D eigenvalue weighted by Crippen LogP contribution is 2.43. The van der Waals surface area contributed by atoms with Gasteiger partial charge in [0.1, 0.15) is 0 Å². The second kappa shape index (κ2) is 14.3. The Labute approximate surface area is 311 Å². The van der Waals surface area contributed by atoms with Crippen molar-refractivity contribution in [3.8, 4) is 55.6 Å². The molecule has 1 heteroatoms. The third-order valence-corrected chi connectivity index (χ3v) is 10.1. The molecule has 0 saturated carbocycles. The van der Waals surface area contributed by atoms with Gasteiger partial charge in [-0.05, 0) is 97.4 Å². The van der Waals surface area contributed by atoms with Crippen LogP contribution in [0.15, 0.2) is 224 Å². The fourth-order valence-corrected chi connectivity index (χ4v) is 7.48. The van der Waals surface area contributed by atoms with Gasteiger partial charge in [-0.25, -0.2) is 0 Å². The number of hydrogen-bond acceptors (Lipinski definition) is 1. The normalized spacial score (nSPS) is 11.0. The molecule has 0 spiro atoms. The molecular weight excluding hydrogens is 639 g/mol. The molecule has 0 N–H and O–H groups in total. The van der Waals surface area contributed by atoms with Crippen LogP contribution in [0, 0.1) is 0 Å². The van der Waals surface area contributed by atoms with Crippen LogP contribution in [-0.4, -0.2) is 0 Å². The molecule has 0 saturated heterocycles. The Morgan fingerprint density at radius 3 is 1.26 bits per heavy atom. The lowest BCUT2D eigenvalue weighted by Gasteiger charge is -2.28. The van der Waals surface area contributed by atoms with Crippen LogP contribution in [0.3, 0.4) is 0 Å². The zero-order valence-corrected chi connectivity index (χ0v) is 29.3. The first-order valence-corrected chi connectivity index (χ1v) is 18.2. The Morgan fingerprint density at radius 1 is 0.245 bits per heavy atom. The minimum Gasteiger partial charge on any atom is -0.310 e. The molecule has 53 heavy (non-hydrogen) atoms. The topological polar surface area (TPSA) is 3.24 Å². The molecule has 0 aromatic heterocycles. The van der Waals surface area contributed by atoms with E-state index in [2.05, 4.69) is 229 Å². The van der Waals surface area contributed by atoms with Gasteiger partial charge in [-0.1, -0.05) is 188 Å². The van der Waals surface area contributed by atoms with E-state index in [-0.39, 0.29) is 0 Å². The van der Waals surface area contributed by atoms with Gasteiger partial charge in [-0.15, -0.1) is 0 Å². The molecule has 9 rings (SSSR count). The quantitative estimate of drug-likeness (QED) is 0.155. The monoisotopic (exact) mass is 675 g/mol. The first kappa shape index (κ1) is 32.0. The highest BCUT2D eigenvalue weighted by atomic mass is 15.1. The summed E-state index contributed by atoms with van der Waals surface area (Å²) >= 11 is 0. The van der Waals surface area contributed by atoms with E-state index in [0.29, 0.717) is 0 Å². The summed E-state index contributed by atoms with van der Waals surface area (Å²) in [5.74, 6) is 0. The molecule has 0 heterocycles. The lowest BCUT2D eigenvalue weighted by molar-refractivity contribution is 1.30. The number of benzene rings is 9. The summed E-state index contributed by atoms with van der Waals surface area (Å²) in [5.41, 5.74) is 15.4. The van der Waals surface area contributed by atoms with Crippen molar-refractivity contribution in [1.29, 1.82) is 0 Å². The Kier molecular flexibility index (Phi) is 8.66. The lowest BCUT2D eigenvalue weighted by atomic mass is 9.91. The molecule has 0 unspecified atom stereocenters. The van der Waals surface area contributed by atoms with Gasteiger partial charge < -0.3 is 4.90 Å². The largest absolute Gasteiger partial charge is 0.310 e. The van der Waals surface area contributed by atoms with E-state index in [1.807, 2.05) is 0 Å². The van der Waals surface area contributed by atoms with Crippen molar-refractivity contribution in [3.05, 3.63) is 224 Å². The molecule has 0 atom stereocenters. The maximum atomic E-state index is 2.40. The Balaban J connectivity index is 1.18. The van der Waals surface area contributed by atoms with Gasteiger partial charge in [0.05, 0.1) is 5.69 Å². The van der Waals surface area contributed by atoms with Crippen LogP contribution >= 0.6 is 0 Å². The maximum Gasteiger partial charge on any atom is 0.0540 e. The Morgan fingerprint density at radius 2 is 0.679 bits per heavy atom. The summed E-state index contributed by atoms with van der Waals surface area (Å²) in [5, 5.41) is 2.42. The summed E-state index contributed by atoms with van der Waals surface area (Å²) in [7, 11) is 0. The summed E-state index contributed by atoms with van der Waals surface area (Å²) in [6.07, 6.45) is 0. The summed E-state index contributed by atoms with van der Waals surface area (Å²) < 4.78 is 0. The van der Waals surface area contributed by atoms with E-state index in [9.17, 15) is 0 Å². The van der Waals surface area contributed by atoms with Crippen LogP contribution < -0.4 is 4.90 Å². The standard InChI is InChI=1S/C52H37N/c1-5-16-39(17-6-1)47-34-30-44(36-50(47)42-20-9-3-10-21-42)38-28-31-45(32-29-38)53(52-27-15-25-41-24-13-14-26-49(41)52)46-33-35-48(40-18-7-2-8-19-40)51(37-46)43-22-11-4-12-23-43/h1-37H. The zero-order chi connectivity index (χ0) is 35.4. The van der Waals surface area contributed by atoms with E-state index in [0.717, 1.165) is 17.1 Å². The zero-order valence-electron chi connectivity index (χ0n) is 29.3. The van der Waals surface area contributed by atoms with Gasteiger partial charge in [0.15, 0.2) is 0 Å². The number of hydrogen-bond donors (Lipinski definition) is 0. The van der Waals surface area contributed by atoms with Crippen molar-refractivity contribution in [2.75, 3.05) is 4.90 Å². The van der Waals surface area contributed by atoms with Crippen LogP contribution in [0.2, 0.25) is 0 Å². The number of rotatable bonds is 8. The SMILES string of the molecule is c1ccc(-c2ccc(-c3ccc(N(c4ccc(-c5ccccc5)c(-c5ccccc5)c4)c4cccc5ccccc45)cc3)cc2-c2ccccc2)cc1. The van der Waals surface area contributed by atoms with E-state index >= 15 is 0 Å². The van der Waals surface area contributed by atoms with Crippen LogP contribution in [0.1, 0.15) is 0 Å². The average Bonchev–Trinajstić information content (AvgIpc) is 3.25. The summed E-state index contributed by atoms with van der Waals surface area (Å²) in [6.45, 7) is 0. The fourth-order valence-electron chi connectivity index (χ4n) is 7.48. The molecular formula is C52H37N. The number of fused-ring (bicyclic) bond motifs is 1. The van der Waals surface area contributed by atoms with Crippen molar-refractivity contribution in [2.45, 2.75) is 0 Å². The van der Waals surface area contributed by atoms with Gasteiger partial charge in [-0.2, -0.15) is 0 Å². The van der Waals surface area contributed by atoms with Crippen LogP contribution in [0.25, 0.3) is 66.4 Å². The third kappa shape index (κ3) is 6.42. The first-order valence-electron chi connectivity index (χ1n) is 18.2. The molecule has 1 nitrogen and oxygen atoms in total. The number of nitrogens with zero attached hydrogens (tertiary/aromatic N) is 1. The molecule has 9 aromatic carbocycles. The van der Waals surface area contributed by atoms with Gasteiger partial charge in [0, 0.05) is 16.8 Å². The molecule has 0 aliphatic heterocycles. The number of anilines is 3. The van der Waals surface area contributed by atoms with E-state index in [1.54, 1.807) is 0 Å². The van der Waals surface area contributed by atoms with E-state index in [1.165, 1.54) is 66.4 Å². The van der Waals surface area contributed by atoms with Crippen molar-refractivity contribution in [1.82, 2.24) is 0 Å². The molecule has 0 aliphatic carbocycles. The molecule has 0 bridgehead atoms. The average molecular weight is 676 g/mol. The van der Waals surface area contributed by atoms with Crippen LogP contribution in [0.5, 0.6) is 0 Å². The van der Waals surface area contributed by atoms with Crippen molar-refractivity contribution in [2.24, 2.45) is 0 Å². The van der Waals surface area contributed by atoms with E-state index in [4.69, 9.17) is 0 Å². The molecule has 0 aliphatic rings. The third-order valence-electron chi connectivity index (χ3n) is 10.1. The maximum absolute atomic E-state index is 2.40. The molecule has 0 fully saturated rings. The highest BCUT2D eigenvalue weighted by Gasteiger charge is 2.19. The predicted octanol–water partition coefficient (Wildman–Crippen LogP) is 14.6. The van der Waals surface area contributed by atoms with Gasteiger partial charge in [0.25, 0.3) is 0 Å². The van der Waals surface area contributed by atoms with Gasteiger partial charge in [0.2, 0.25) is 0 Å². The Bertz CT molecular complexity index is 2620.